The maximum absolute atomic E-state index is 14.2. The van der Waals surface area contributed by atoms with Gasteiger partial charge < -0.3 is 0 Å². The zero-order valence-electron chi connectivity index (χ0n) is 17.1. The molecule has 0 saturated heterocycles. The van der Waals surface area contributed by atoms with Gasteiger partial charge in [-0.25, -0.2) is 0 Å². The molecule has 0 aromatic heterocycles. The number of thiocarbonyl (C=S) groups is 1. The fourth-order valence-corrected chi connectivity index (χ4v) is 6.09. The van der Waals surface area contributed by atoms with Crippen molar-refractivity contribution in [3.05, 3.63) is 91.0 Å². The van der Waals surface area contributed by atoms with Crippen LogP contribution in [0.3, 0.4) is 0 Å². The summed E-state index contributed by atoms with van der Waals surface area (Å²) in [4.78, 5) is 0. The molecule has 0 aliphatic rings. The molecule has 159 valence electrons. The van der Waals surface area contributed by atoms with Crippen molar-refractivity contribution in [1.82, 2.24) is 5.32 Å². The van der Waals surface area contributed by atoms with Crippen molar-refractivity contribution < 1.29 is 13.6 Å². The van der Waals surface area contributed by atoms with Gasteiger partial charge in [-0.15, -0.1) is 0 Å². The Morgan fingerprint density at radius 3 is 1.81 bits per heavy atom. The first kappa shape index (κ1) is 23.4. The second-order valence-corrected chi connectivity index (χ2v) is 11.5. The summed E-state index contributed by atoms with van der Waals surface area (Å²) in [5, 5.41) is 6.67. The van der Waals surface area contributed by atoms with Crippen LogP contribution >= 0.6 is 19.8 Å². The number of nitrogens with one attached hydrogen (secondary N) is 2. The topological polar surface area (TPSA) is 59.6 Å². The van der Waals surface area contributed by atoms with E-state index in [-0.39, 0.29) is 4.75 Å². The van der Waals surface area contributed by atoms with E-state index in [0.29, 0.717) is 23.0 Å². The minimum atomic E-state index is -3.72. The Morgan fingerprint density at radius 1 is 0.903 bits per heavy atom. The van der Waals surface area contributed by atoms with Gasteiger partial charge in [0.25, 0.3) is 0 Å². The summed E-state index contributed by atoms with van der Waals surface area (Å²) in [6, 6.07) is 27.7. The summed E-state index contributed by atoms with van der Waals surface area (Å²) in [7, 11) is -3.72. The van der Waals surface area contributed by atoms with Crippen molar-refractivity contribution in [2.75, 3.05) is 5.32 Å². The molecule has 2 atom stereocenters. The monoisotopic (exact) mass is 513 g/mol. The molecule has 0 spiro atoms. The third-order valence-corrected chi connectivity index (χ3v) is 6.99. The average Bonchev–Trinajstić information content (AvgIpc) is 2.75. The van der Waals surface area contributed by atoms with Gasteiger partial charge >= 0.3 is 198 Å². The van der Waals surface area contributed by atoms with Crippen molar-refractivity contribution in [1.29, 1.82) is 0 Å². The minimum absolute atomic E-state index is 0.226. The Morgan fingerprint density at radius 2 is 1.35 bits per heavy atom. The molecule has 2 unspecified atom stereocenters. The van der Waals surface area contributed by atoms with E-state index < -0.39 is 13.4 Å². The molecule has 0 bridgehead atoms. The molecule has 3 aromatic carbocycles. The molecule has 3 rings (SSSR count). The number of benzene rings is 3. The van der Waals surface area contributed by atoms with E-state index >= 15 is 0 Å². The molecule has 8 heteroatoms. The molecule has 3 radical (unpaired) electrons. The summed E-state index contributed by atoms with van der Waals surface area (Å²) < 4.78 is 26.4. The second kappa shape index (κ2) is 11.4. The summed E-state index contributed by atoms with van der Waals surface area (Å²) in [6.07, 6.45) is 0.535. The van der Waals surface area contributed by atoms with Gasteiger partial charge in [0.2, 0.25) is 0 Å². The molecule has 0 aliphatic carbocycles. The molecule has 31 heavy (non-hydrogen) atoms. The standard InChI is InChI=1S/C23H24GeN2O3PS/c1-18(24)17-22(26-23(31)25-19-11-5-2-6-12-19)30(27,28-20-13-7-3-8-14-20)29-21-15-9-4-10-16-21/h2-16,18,22H,17H2,1H3,(H2,25,26,31). The van der Waals surface area contributed by atoms with Crippen LogP contribution in [0.5, 0.6) is 11.5 Å². The number of anilines is 1. The van der Waals surface area contributed by atoms with E-state index in [1.165, 1.54) is 0 Å². The van der Waals surface area contributed by atoms with Gasteiger partial charge in [-0.3, -0.25) is 0 Å². The van der Waals surface area contributed by atoms with Gasteiger partial charge in [0.1, 0.15) is 0 Å². The summed E-state index contributed by atoms with van der Waals surface area (Å²) in [5.74, 6) is 0.287. The van der Waals surface area contributed by atoms with Gasteiger partial charge in [0.15, 0.2) is 0 Å². The third kappa shape index (κ3) is 7.42. The van der Waals surface area contributed by atoms with E-state index in [0.717, 1.165) is 5.69 Å². The van der Waals surface area contributed by atoms with E-state index in [4.69, 9.17) is 21.3 Å². The van der Waals surface area contributed by atoms with Crippen molar-refractivity contribution >= 4 is 47.1 Å². The Balaban J connectivity index is 1.88. The number of hydrogen-bond acceptors (Lipinski definition) is 4. The van der Waals surface area contributed by atoms with E-state index in [2.05, 4.69) is 34.1 Å². The fourth-order valence-electron chi connectivity index (χ4n) is 2.84. The van der Waals surface area contributed by atoms with E-state index in [1.807, 2.05) is 66.7 Å². The second-order valence-electron chi connectivity index (χ2n) is 6.97. The maximum atomic E-state index is 14.2. The molecule has 5 nitrogen and oxygen atoms in total. The van der Waals surface area contributed by atoms with Crippen LogP contribution in [0.2, 0.25) is 4.75 Å². The Kier molecular flexibility index (Phi) is 8.58. The first-order valence-electron chi connectivity index (χ1n) is 9.87. The summed E-state index contributed by atoms with van der Waals surface area (Å²) in [6.45, 7) is 2.05. The first-order valence-corrected chi connectivity index (χ1v) is 13.1. The molecule has 2 N–H and O–H groups in total. The quantitative estimate of drug-likeness (QED) is 0.208. The van der Waals surface area contributed by atoms with Crippen molar-refractivity contribution in [2.24, 2.45) is 0 Å². The molecular formula is C23H24GeN2O3PS. The van der Waals surface area contributed by atoms with Gasteiger partial charge in [0, 0.05) is 0 Å². The van der Waals surface area contributed by atoms with Crippen molar-refractivity contribution in [3.8, 4) is 11.5 Å². The molecule has 0 saturated carbocycles. The normalized spacial score (nSPS) is 13.0. The predicted octanol–water partition coefficient (Wildman–Crippen LogP) is 6.02. The molecule has 0 aliphatic heterocycles. The average molecular weight is 512 g/mol. The van der Waals surface area contributed by atoms with Crippen LogP contribution in [-0.2, 0) is 4.57 Å². The van der Waals surface area contributed by atoms with Crippen LogP contribution in [0.1, 0.15) is 13.3 Å². The van der Waals surface area contributed by atoms with Crippen LogP contribution in [0.25, 0.3) is 0 Å². The number of rotatable bonds is 9. The fraction of sp³-hybridized carbons (Fsp3) is 0.174. The van der Waals surface area contributed by atoms with Crippen molar-refractivity contribution in [2.45, 2.75) is 23.9 Å². The summed E-state index contributed by atoms with van der Waals surface area (Å²) >= 11 is 7.56. The van der Waals surface area contributed by atoms with Gasteiger partial charge in [-0.2, -0.15) is 0 Å². The Bertz CT molecular complexity index is 962. The molecular weight excluding hydrogens is 488 g/mol. The van der Waals surface area contributed by atoms with Gasteiger partial charge in [-0.1, -0.05) is 0 Å². The SMILES string of the molecule is C[CH]([Ge])CC(NC(=S)Nc1ccccc1)P(=O)(Oc1ccccc1)Oc1ccccc1. The summed E-state index contributed by atoms with van der Waals surface area (Å²) in [5.41, 5.74) is 0.839. The third-order valence-electron chi connectivity index (χ3n) is 4.24. The zero-order valence-corrected chi connectivity index (χ0v) is 20.9. The molecule has 3 aromatic rings. The first-order chi connectivity index (χ1) is 14.9. The van der Waals surface area contributed by atoms with E-state index in [1.54, 1.807) is 24.3 Å². The molecule has 0 heterocycles. The number of hydrogen-bond donors (Lipinski definition) is 2. The van der Waals surface area contributed by atoms with Crippen LogP contribution < -0.4 is 19.7 Å². The van der Waals surface area contributed by atoms with Gasteiger partial charge in [0.05, 0.1) is 0 Å². The number of para-hydroxylation sites is 3. The molecule has 0 amide bonds. The Labute approximate surface area is 197 Å². The van der Waals surface area contributed by atoms with Crippen LogP contribution in [0.15, 0.2) is 91.0 Å². The molecule has 0 fully saturated rings. The van der Waals surface area contributed by atoms with E-state index in [9.17, 15) is 4.57 Å². The van der Waals surface area contributed by atoms with Crippen molar-refractivity contribution in [3.63, 3.8) is 0 Å². The zero-order chi connectivity index (χ0) is 22.1. The predicted molar refractivity (Wildman–Crippen MR) is 131 cm³/mol. The van der Waals surface area contributed by atoms with Gasteiger partial charge in [-0.05, 0) is 0 Å². The van der Waals surface area contributed by atoms with Crippen LogP contribution in [-0.4, -0.2) is 27.4 Å². The Hall–Kier alpha value is -2.28. The van der Waals surface area contributed by atoms with Crippen LogP contribution in [0, 0.1) is 0 Å². The van der Waals surface area contributed by atoms with Crippen LogP contribution in [0.4, 0.5) is 5.69 Å².